The molecule has 2 N–H and O–H groups in total. The lowest BCUT2D eigenvalue weighted by molar-refractivity contribution is -0.155. The average Bonchev–Trinajstić information content (AvgIpc) is 3.46. The van der Waals surface area contributed by atoms with E-state index in [1.165, 1.54) is 0 Å². The summed E-state index contributed by atoms with van der Waals surface area (Å²) in [4.78, 5) is 40.0. The Morgan fingerprint density at radius 2 is 1.57 bits per heavy atom. The Kier molecular flexibility index (Phi) is 6.03. The standard InChI is InChI=1S/C28H32N2O5/c1-27(25(32)33)13-8-16-30(18-27)24(31)28(14-6-7-15-28)29-26(34)35-17-23-21-11-4-2-9-19(21)20-10-3-5-12-22(20)23/h2-5,9-12,23H,6-8,13-18H2,1H3,(H,29,34)(H,32,33). The molecule has 1 saturated carbocycles. The zero-order valence-electron chi connectivity index (χ0n) is 20.1. The minimum Gasteiger partial charge on any atom is -0.481 e. The van der Waals surface area contributed by atoms with Crippen molar-refractivity contribution in [1.82, 2.24) is 10.2 Å². The second-order valence-electron chi connectivity index (χ2n) is 10.4. The molecule has 2 amide bonds. The zero-order valence-corrected chi connectivity index (χ0v) is 20.1. The summed E-state index contributed by atoms with van der Waals surface area (Å²) in [5, 5.41) is 12.6. The van der Waals surface area contributed by atoms with Crippen LogP contribution >= 0.6 is 0 Å². The maximum atomic E-state index is 13.6. The van der Waals surface area contributed by atoms with Crippen LogP contribution in [0.4, 0.5) is 4.79 Å². The number of aliphatic carboxylic acids is 1. The van der Waals surface area contributed by atoms with Crippen LogP contribution in [0.1, 0.15) is 62.5 Å². The first-order valence-electron chi connectivity index (χ1n) is 12.5. The molecule has 7 heteroatoms. The number of ether oxygens (including phenoxy) is 1. The van der Waals surface area contributed by atoms with E-state index >= 15 is 0 Å². The van der Waals surface area contributed by atoms with Crippen molar-refractivity contribution in [3.05, 3.63) is 59.7 Å². The first kappa shape index (κ1) is 23.4. The summed E-state index contributed by atoms with van der Waals surface area (Å²) in [6.45, 7) is 2.55. The summed E-state index contributed by atoms with van der Waals surface area (Å²) < 4.78 is 5.73. The first-order chi connectivity index (χ1) is 16.8. The molecule has 3 aliphatic rings. The van der Waals surface area contributed by atoms with Gasteiger partial charge in [0.1, 0.15) is 12.1 Å². The van der Waals surface area contributed by atoms with Crippen LogP contribution in [0.2, 0.25) is 0 Å². The summed E-state index contributed by atoms with van der Waals surface area (Å²) in [5.41, 5.74) is 2.60. The van der Waals surface area contributed by atoms with E-state index < -0.39 is 23.0 Å². The van der Waals surface area contributed by atoms with Crippen LogP contribution in [0.3, 0.4) is 0 Å². The largest absolute Gasteiger partial charge is 0.481 e. The van der Waals surface area contributed by atoms with Gasteiger partial charge in [0.25, 0.3) is 0 Å². The van der Waals surface area contributed by atoms with E-state index in [4.69, 9.17) is 4.74 Å². The molecule has 0 radical (unpaired) electrons. The van der Waals surface area contributed by atoms with Crippen molar-refractivity contribution < 1.29 is 24.2 Å². The topological polar surface area (TPSA) is 95.9 Å². The number of hydrogen-bond acceptors (Lipinski definition) is 4. The van der Waals surface area contributed by atoms with Crippen LogP contribution in [0, 0.1) is 5.41 Å². The maximum absolute atomic E-state index is 13.6. The predicted octanol–water partition coefficient (Wildman–Crippen LogP) is 4.55. The number of fused-ring (bicyclic) bond motifs is 3. The highest BCUT2D eigenvalue weighted by Gasteiger charge is 2.48. The van der Waals surface area contributed by atoms with Gasteiger partial charge < -0.3 is 20.1 Å². The van der Waals surface area contributed by atoms with Crippen molar-refractivity contribution in [3.63, 3.8) is 0 Å². The molecular weight excluding hydrogens is 444 g/mol. The van der Waals surface area contributed by atoms with Gasteiger partial charge in [0.15, 0.2) is 0 Å². The van der Waals surface area contributed by atoms with Crippen LogP contribution in [0.5, 0.6) is 0 Å². The molecule has 0 spiro atoms. The van der Waals surface area contributed by atoms with Gasteiger partial charge in [-0.3, -0.25) is 9.59 Å². The number of carboxylic acids is 1. The number of carbonyl (C=O) groups excluding carboxylic acids is 2. The lowest BCUT2D eigenvalue weighted by Crippen LogP contribution is -2.61. The molecule has 5 rings (SSSR count). The molecule has 1 aliphatic heterocycles. The van der Waals surface area contributed by atoms with E-state index in [9.17, 15) is 19.5 Å². The van der Waals surface area contributed by atoms with E-state index in [-0.39, 0.29) is 25.0 Å². The molecule has 1 unspecified atom stereocenters. The maximum Gasteiger partial charge on any atom is 0.408 e. The molecule has 2 aromatic rings. The van der Waals surface area contributed by atoms with Crippen molar-refractivity contribution in [1.29, 1.82) is 0 Å². The van der Waals surface area contributed by atoms with Gasteiger partial charge in [-0.05, 0) is 54.9 Å². The Labute approximate surface area is 205 Å². The number of benzene rings is 2. The van der Waals surface area contributed by atoms with Crippen molar-refractivity contribution in [2.75, 3.05) is 19.7 Å². The highest BCUT2D eigenvalue weighted by atomic mass is 16.5. The smallest absolute Gasteiger partial charge is 0.408 e. The Morgan fingerprint density at radius 3 is 2.17 bits per heavy atom. The second kappa shape index (κ2) is 9.02. The molecule has 1 heterocycles. The molecule has 1 atom stereocenters. The molecule has 35 heavy (non-hydrogen) atoms. The number of nitrogens with one attached hydrogen (secondary N) is 1. The van der Waals surface area contributed by atoms with Gasteiger partial charge in [0, 0.05) is 19.0 Å². The Bertz CT molecular complexity index is 1110. The number of hydrogen-bond donors (Lipinski definition) is 2. The monoisotopic (exact) mass is 476 g/mol. The fraction of sp³-hybridized carbons (Fsp3) is 0.464. The molecular formula is C28H32N2O5. The van der Waals surface area contributed by atoms with Crippen molar-refractivity contribution in [2.24, 2.45) is 5.41 Å². The summed E-state index contributed by atoms with van der Waals surface area (Å²) in [6.07, 6.45) is 3.32. The van der Waals surface area contributed by atoms with Crippen LogP contribution in [-0.4, -0.2) is 53.2 Å². The van der Waals surface area contributed by atoms with Crippen LogP contribution < -0.4 is 5.32 Å². The van der Waals surface area contributed by atoms with Crippen molar-refractivity contribution in [2.45, 2.75) is 56.9 Å². The van der Waals surface area contributed by atoms with E-state index in [1.807, 2.05) is 24.3 Å². The molecule has 7 nitrogen and oxygen atoms in total. The number of rotatable bonds is 5. The molecule has 184 valence electrons. The van der Waals surface area contributed by atoms with Crippen LogP contribution in [-0.2, 0) is 14.3 Å². The summed E-state index contributed by atoms with van der Waals surface area (Å²) in [6, 6.07) is 16.3. The van der Waals surface area contributed by atoms with Crippen molar-refractivity contribution in [3.8, 4) is 11.1 Å². The Morgan fingerprint density at radius 1 is 0.971 bits per heavy atom. The van der Waals surface area contributed by atoms with E-state index in [2.05, 4.69) is 29.6 Å². The number of nitrogens with zero attached hydrogens (tertiary/aromatic N) is 1. The summed E-state index contributed by atoms with van der Waals surface area (Å²) in [5.74, 6) is -1.13. The third-order valence-electron chi connectivity index (χ3n) is 8.05. The molecule has 2 fully saturated rings. The van der Waals surface area contributed by atoms with Gasteiger partial charge in [-0.1, -0.05) is 61.4 Å². The van der Waals surface area contributed by atoms with Gasteiger partial charge in [0.2, 0.25) is 5.91 Å². The third kappa shape index (κ3) is 4.17. The number of carbonyl (C=O) groups is 3. The fourth-order valence-electron chi connectivity index (χ4n) is 6.09. The summed E-state index contributed by atoms with van der Waals surface area (Å²) in [7, 11) is 0. The van der Waals surface area contributed by atoms with Gasteiger partial charge >= 0.3 is 12.1 Å². The highest BCUT2D eigenvalue weighted by Crippen LogP contribution is 2.44. The first-order valence-corrected chi connectivity index (χ1v) is 12.5. The minimum absolute atomic E-state index is 0.0539. The molecule has 1 saturated heterocycles. The molecule has 2 aromatic carbocycles. The Hall–Kier alpha value is -3.35. The quantitative estimate of drug-likeness (QED) is 0.660. The number of likely N-dealkylation sites (tertiary alicyclic amines) is 1. The Balaban J connectivity index is 1.29. The van der Waals surface area contributed by atoms with Crippen molar-refractivity contribution >= 4 is 18.0 Å². The lowest BCUT2D eigenvalue weighted by atomic mass is 9.81. The van der Waals surface area contributed by atoms with E-state index in [0.29, 0.717) is 32.2 Å². The lowest BCUT2D eigenvalue weighted by Gasteiger charge is -2.41. The van der Waals surface area contributed by atoms with E-state index in [1.54, 1.807) is 11.8 Å². The van der Waals surface area contributed by atoms with Gasteiger partial charge in [0.05, 0.1) is 5.41 Å². The van der Waals surface area contributed by atoms with Gasteiger partial charge in [-0.15, -0.1) is 0 Å². The number of alkyl carbamates (subject to hydrolysis) is 1. The molecule has 2 aliphatic carbocycles. The number of carboxylic acid groups (broad SMARTS) is 1. The highest BCUT2D eigenvalue weighted by molar-refractivity contribution is 5.91. The normalized spacial score (nSPS) is 22.8. The number of piperidine rings is 1. The van der Waals surface area contributed by atoms with Crippen LogP contribution in [0.25, 0.3) is 11.1 Å². The van der Waals surface area contributed by atoms with Gasteiger partial charge in [-0.2, -0.15) is 0 Å². The second-order valence-corrected chi connectivity index (χ2v) is 10.4. The molecule has 0 bridgehead atoms. The average molecular weight is 477 g/mol. The zero-order chi connectivity index (χ0) is 24.6. The SMILES string of the molecule is CC1(C(=O)O)CCCN(C(=O)C2(NC(=O)OCC3c4ccccc4-c4ccccc43)CCCC2)C1. The summed E-state index contributed by atoms with van der Waals surface area (Å²) >= 11 is 0. The van der Waals surface area contributed by atoms with E-state index in [0.717, 1.165) is 35.1 Å². The predicted molar refractivity (Wildman–Crippen MR) is 131 cm³/mol. The van der Waals surface area contributed by atoms with Gasteiger partial charge in [-0.25, -0.2) is 4.79 Å². The fourth-order valence-corrected chi connectivity index (χ4v) is 6.09. The third-order valence-corrected chi connectivity index (χ3v) is 8.05. The molecule has 0 aromatic heterocycles. The van der Waals surface area contributed by atoms with Crippen LogP contribution in [0.15, 0.2) is 48.5 Å². The minimum atomic E-state index is -1.03. The number of amides is 2.